The number of benzene rings is 3. The van der Waals surface area contributed by atoms with Crippen LogP contribution in [-0.2, 0) is 16.1 Å². The second-order valence-electron chi connectivity index (χ2n) is 8.67. The van der Waals surface area contributed by atoms with Crippen LogP contribution in [0.15, 0.2) is 99.9 Å². The van der Waals surface area contributed by atoms with Gasteiger partial charge in [0, 0.05) is 0 Å². The lowest BCUT2D eigenvalue weighted by Crippen LogP contribution is -2.39. The van der Waals surface area contributed by atoms with Crippen LogP contribution < -0.4 is 24.4 Å². The smallest absolute Gasteiger partial charge is 0.338 e. The average Bonchev–Trinajstić information content (AvgIpc) is 3.25. The van der Waals surface area contributed by atoms with E-state index in [-0.39, 0.29) is 5.56 Å². The van der Waals surface area contributed by atoms with Crippen molar-refractivity contribution in [1.29, 1.82) is 0 Å². The fourth-order valence-electron chi connectivity index (χ4n) is 4.42. The molecule has 3 aromatic carbocycles. The second kappa shape index (κ2) is 10.9. The van der Waals surface area contributed by atoms with E-state index in [0.29, 0.717) is 38.7 Å². The number of carbonyl (C=O) groups is 1. The molecule has 0 N–H and O–H groups in total. The number of esters is 1. The molecule has 1 aliphatic rings. The Hall–Kier alpha value is -4.43. The van der Waals surface area contributed by atoms with Crippen molar-refractivity contribution < 1.29 is 19.0 Å². The van der Waals surface area contributed by atoms with E-state index < -0.39 is 12.0 Å². The highest BCUT2D eigenvalue weighted by molar-refractivity contribution is 7.07. The molecule has 0 saturated carbocycles. The summed E-state index contributed by atoms with van der Waals surface area (Å²) >= 11 is 1.28. The molecule has 1 atom stereocenters. The number of methoxy groups -OCH3 is 2. The summed E-state index contributed by atoms with van der Waals surface area (Å²) in [4.78, 5) is 31.6. The van der Waals surface area contributed by atoms with E-state index in [1.165, 1.54) is 18.4 Å². The minimum absolute atomic E-state index is 0.236. The van der Waals surface area contributed by atoms with Crippen LogP contribution in [0.25, 0.3) is 6.08 Å². The average molecular weight is 527 g/mol. The molecule has 1 aromatic heterocycles. The molecule has 0 saturated heterocycles. The minimum atomic E-state index is -0.634. The maximum Gasteiger partial charge on any atom is 0.338 e. The highest BCUT2D eigenvalue weighted by Gasteiger charge is 2.32. The fourth-order valence-corrected chi connectivity index (χ4v) is 5.47. The molecule has 4 aromatic rings. The Morgan fingerprint density at radius 1 is 1.00 bits per heavy atom. The van der Waals surface area contributed by atoms with Crippen molar-refractivity contribution in [3.63, 3.8) is 0 Å². The Bertz CT molecular complexity index is 1690. The molecule has 38 heavy (non-hydrogen) atoms. The predicted molar refractivity (Wildman–Crippen MR) is 146 cm³/mol. The quantitative estimate of drug-likeness (QED) is 0.340. The van der Waals surface area contributed by atoms with E-state index in [1.807, 2.05) is 78.9 Å². The van der Waals surface area contributed by atoms with Gasteiger partial charge in [0.15, 0.2) is 16.3 Å². The molecule has 0 amide bonds. The number of rotatable bonds is 7. The number of fused-ring (bicyclic) bond motifs is 1. The van der Waals surface area contributed by atoms with Gasteiger partial charge in [0.25, 0.3) is 5.56 Å². The van der Waals surface area contributed by atoms with Crippen LogP contribution >= 0.6 is 11.3 Å². The van der Waals surface area contributed by atoms with Gasteiger partial charge in [-0.3, -0.25) is 9.36 Å². The number of ether oxygens (including phenoxy) is 3. The SMILES string of the molecule is COC(=O)C1=C(C)N=c2sc(=Cc3ccc(OCc4ccccc4)c(OC)c3)c(=O)n2C1c1ccccc1. The van der Waals surface area contributed by atoms with Gasteiger partial charge in [-0.2, -0.15) is 0 Å². The Morgan fingerprint density at radius 3 is 2.39 bits per heavy atom. The molecule has 0 spiro atoms. The van der Waals surface area contributed by atoms with E-state index in [1.54, 1.807) is 24.7 Å². The number of nitrogens with zero attached hydrogens (tertiary/aromatic N) is 2. The summed E-state index contributed by atoms with van der Waals surface area (Å²) < 4.78 is 18.6. The van der Waals surface area contributed by atoms with Crippen molar-refractivity contribution >= 4 is 23.4 Å². The lowest BCUT2D eigenvalue weighted by atomic mass is 9.96. The third-order valence-electron chi connectivity index (χ3n) is 6.26. The van der Waals surface area contributed by atoms with Gasteiger partial charge in [0.1, 0.15) is 6.61 Å². The molecule has 192 valence electrons. The minimum Gasteiger partial charge on any atom is -0.493 e. The van der Waals surface area contributed by atoms with Gasteiger partial charge in [-0.1, -0.05) is 78.1 Å². The predicted octanol–water partition coefficient (Wildman–Crippen LogP) is 4.00. The van der Waals surface area contributed by atoms with E-state index in [4.69, 9.17) is 14.2 Å². The van der Waals surface area contributed by atoms with Gasteiger partial charge in [0.2, 0.25) is 0 Å². The molecule has 7 nitrogen and oxygen atoms in total. The van der Waals surface area contributed by atoms with E-state index >= 15 is 0 Å². The van der Waals surface area contributed by atoms with Gasteiger partial charge in [-0.15, -0.1) is 0 Å². The molecule has 0 bridgehead atoms. The molecule has 0 fully saturated rings. The number of aromatic nitrogens is 1. The summed E-state index contributed by atoms with van der Waals surface area (Å²) in [7, 11) is 2.91. The van der Waals surface area contributed by atoms with Crippen LogP contribution in [0.5, 0.6) is 11.5 Å². The summed E-state index contributed by atoms with van der Waals surface area (Å²) in [5.74, 6) is 0.663. The number of carbonyl (C=O) groups excluding carboxylic acids is 1. The summed E-state index contributed by atoms with van der Waals surface area (Å²) in [6.45, 7) is 2.18. The van der Waals surface area contributed by atoms with Crippen molar-refractivity contribution in [1.82, 2.24) is 4.57 Å². The summed E-state index contributed by atoms with van der Waals surface area (Å²) in [6, 6.07) is 24.2. The Balaban J connectivity index is 1.55. The van der Waals surface area contributed by atoms with Crippen molar-refractivity contribution in [3.05, 3.63) is 127 Å². The van der Waals surface area contributed by atoms with Crippen molar-refractivity contribution in [2.75, 3.05) is 14.2 Å². The summed E-state index contributed by atoms with van der Waals surface area (Å²) in [5, 5.41) is 0. The van der Waals surface area contributed by atoms with Gasteiger partial charge < -0.3 is 14.2 Å². The third kappa shape index (κ3) is 4.90. The third-order valence-corrected chi connectivity index (χ3v) is 7.25. The topological polar surface area (TPSA) is 79.1 Å². The van der Waals surface area contributed by atoms with Crippen molar-refractivity contribution in [2.45, 2.75) is 19.6 Å². The standard InChI is InChI=1S/C30H26N2O5S/c1-19-26(29(34)36-3)27(22-12-8-5-9-13-22)32-28(33)25(38-30(32)31-19)17-21-14-15-23(24(16-21)35-2)37-18-20-10-6-4-7-11-20/h4-17,27H,18H2,1-3H3. The van der Waals surface area contributed by atoms with E-state index in [9.17, 15) is 9.59 Å². The monoisotopic (exact) mass is 526 g/mol. The number of hydrogen-bond acceptors (Lipinski definition) is 7. The molecule has 0 radical (unpaired) electrons. The maximum atomic E-state index is 13.7. The molecule has 8 heteroatoms. The van der Waals surface area contributed by atoms with Crippen LogP contribution in [0.4, 0.5) is 0 Å². The Kier molecular flexibility index (Phi) is 7.24. The van der Waals surface area contributed by atoms with Gasteiger partial charge in [-0.25, -0.2) is 9.79 Å². The maximum absolute atomic E-state index is 13.7. The molecule has 0 aliphatic carbocycles. The molecule has 5 rings (SSSR count). The van der Waals surface area contributed by atoms with Crippen LogP contribution in [0.1, 0.15) is 29.7 Å². The largest absolute Gasteiger partial charge is 0.493 e. The van der Waals surface area contributed by atoms with Gasteiger partial charge in [0.05, 0.1) is 36.1 Å². The number of thiazole rings is 1. The summed E-state index contributed by atoms with van der Waals surface area (Å²) in [5.41, 5.74) is 3.27. The van der Waals surface area contributed by atoms with Crippen molar-refractivity contribution in [3.8, 4) is 11.5 Å². The highest BCUT2D eigenvalue weighted by Crippen LogP contribution is 2.31. The molecule has 2 heterocycles. The second-order valence-corrected chi connectivity index (χ2v) is 9.68. The first kappa shape index (κ1) is 25.2. The zero-order chi connectivity index (χ0) is 26.6. The van der Waals surface area contributed by atoms with Crippen LogP contribution in [0.3, 0.4) is 0 Å². The van der Waals surface area contributed by atoms with Crippen LogP contribution in [-0.4, -0.2) is 24.8 Å². The van der Waals surface area contributed by atoms with Gasteiger partial charge >= 0.3 is 5.97 Å². The lowest BCUT2D eigenvalue weighted by Gasteiger charge is -2.24. The normalized spacial score (nSPS) is 15.0. The first-order valence-corrected chi connectivity index (χ1v) is 12.8. The number of allylic oxidation sites excluding steroid dienone is 1. The number of hydrogen-bond donors (Lipinski definition) is 0. The molecular weight excluding hydrogens is 500 g/mol. The molecule has 1 aliphatic heterocycles. The first-order valence-electron chi connectivity index (χ1n) is 12.0. The van der Waals surface area contributed by atoms with Gasteiger partial charge in [-0.05, 0) is 41.8 Å². The first-order chi connectivity index (χ1) is 18.5. The van der Waals surface area contributed by atoms with Crippen molar-refractivity contribution in [2.24, 2.45) is 4.99 Å². The summed E-state index contributed by atoms with van der Waals surface area (Å²) in [6.07, 6.45) is 1.80. The molecular formula is C30H26N2O5S. The van der Waals surface area contributed by atoms with Crippen LogP contribution in [0.2, 0.25) is 0 Å². The highest BCUT2D eigenvalue weighted by atomic mass is 32.1. The lowest BCUT2D eigenvalue weighted by molar-refractivity contribution is -0.136. The Labute approximate surface area is 223 Å². The zero-order valence-corrected chi connectivity index (χ0v) is 22.0. The van der Waals surface area contributed by atoms with E-state index in [0.717, 1.165) is 16.7 Å². The Morgan fingerprint density at radius 2 is 1.71 bits per heavy atom. The van der Waals surface area contributed by atoms with Crippen LogP contribution in [0, 0.1) is 0 Å². The fraction of sp³-hybridized carbons (Fsp3) is 0.167. The van der Waals surface area contributed by atoms with E-state index in [2.05, 4.69) is 4.99 Å². The zero-order valence-electron chi connectivity index (χ0n) is 21.2. The molecule has 1 unspecified atom stereocenters.